The van der Waals surface area contributed by atoms with Crippen LogP contribution in [0.25, 0.3) is 0 Å². The summed E-state index contributed by atoms with van der Waals surface area (Å²) < 4.78 is 33.0. The molecule has 0 aliphatic heterocycles. The molecule has 0 amide bonds. The molecule has 5 unspecified atom stereocenters. The van der Waals surface area contributed by atoms with E-state index in [4.69, 9.17) is 22.4 Å². The fraction of sp³-hybridized carbons (Fsp3) is 0.975. The van der Waals surface area contributed by atoms with Gasteiger partial charge in [0, 0.05) is 18.8 Å². The molecule has 0 saturated heterocycles. The molecule has 0 aromatic carbocycles. The van der Waals surface area contributed by atoms with Crippen LogP contribution in [-0.4, -0.2) is 71.3 Å². The van der Waals surface area contributed by atoms with Crippen molar-refractivity contribution >= 4 is 39.2 Å². The second-order valence-corrected chi connectivity index (χ2v) is 39.6. The number of fused-ring (bicyclic) bond motifs is 5. The molecule has 0 aromatic heterocycles. The van der Waals surface area contributed by atoms with Crippen molar-refractivity contribution in [1.82, 2.24) is 0 Å². The molecule has 0 radical (unpaired) electrons. The van der Waals surface area contributed by atoms with Crippen molar-refractivity contribution in [2.75, 3.05) is 13.7 Å². The Morgan fingerprint density at radius 1 is 0.740 bits per heavy atom. The average molecular weight is 769 g/mol. The summed E-state index contributed by atoms with van der Waals surface area (Å²) in [5.41, 5.74) is 0.447. The number of hydrogen-bond acceptors (Lipinski definition) is 6. The Kier molecular flexibility index (Phi) is 13.5. The maximum absolute atomic E-state index is 12.7. The zero-order valence-corrected chi connectivity index (χ0v) is 39.5. The Morgan fingerprint density at radius 2 is 1.36 bits per heavy atom. The summed E-state index contributed by atoms with van der Waals surface area (Å²) in [5.74, 6) is 3.40. The van der Waals surface area contributed by atoms with Crippen LogP contribution in [0.1, 0.15) is 85.0 Å². The van der Waals surface area contributed by atoms with Gasteiger partial charge in [-0.1, -0.05) is 33.6 Å². The van der Waals surface area contributed by atoms with Crippen molar-refractivity contribution < 1.29 is 27.2 Å². The second kappa shape index (κ2) is 15.7. The number of ether oxygens (including phenoxy) is 1. The largest absolute Gasteiger partial charge is 0.469 e. The average Bonchev–Trinajstić information content (AvgIpc) is 3.30. The van der Waals surface area contributed by atoms with E-state index in [0.29, 0.717) is 65.8 Å². The lowest BCUT2D eigenvalue weighted by molar-refractivity contribution is -0.199. The maximum atomic E-state index is 12.7. The van der Waals surface area contributed by atoms with Gasteiger partial charge in [0.1, 0.15) is 0 Å². The normalized spacial score (nSPS) is 37.8. The molecule has 0 bridgehead atoms. The molecule has 50 heavy (non-hydrogen) atoms. The zero-order valence-electron chi connectivity index (χ0n) is 35.5. The van der Waals surface area contributed by atoms with Gasteiger partial charge >= 0.3 is 5.97 Å². The van der Waals surface area contributed by atoms with Gasteiger partial charge in [0.15, 0.2) is 33.3 Å². The van der Waals surface area contributed by atoms with Crippen molar-refractivity contribution in [2.24, 2.45) is 52.3 Å². The minimum absolute atomic E-state index is 0.121. The molecule has 0 aromatic rings. The smallest absolute Gasteiger partial charge is 0.310 e. The highest BCUT2D eigenvalue weighted by Crippen LogP contribution is 2.69. The van der Waals surface area contributed by atoms with Gasteiger partial charge in [-0.25, -0.2) is 0 Å². The Hall–Kier alpha value is 0.178. The lowest BCUT2D eigenvalue weighted by Crippen LogP contribution is -2.64. The minimum Gasteiger partial charge on any atom is -0.469 e. The summed E-state index contributed by atoms with van der Waals surface area (Å²) in [6.45, 7) is 36.4. The molecule has 6 nitrogen and oxygen atoms in total. The highest BCUT2D eigenvalue weighted by atomic mass is 28.4. The van der Waals surface area contributed by atoms with Crippen LogP contribution in [0.2, 0.25) is 78.6 Å². The van der Waals surface area contributed by atoms with Gasteiger partial charge in [0.2, 0.25) is 0 Å². The van der Waals surface area contributed by atoms with Crippen LogP contribution in [0.4, 0.5) is 0 Å². The fourth-order valence-electron chi connectivity index (χ4n) is 11.5. The lowest BCUT2D eigenvalue weighted by atomic mass is 9.43. The molecular formula is C40H80O6Si4. The first-order valence-electron chi connectivity index (χ1n) is 20.5. The molecular weight excluding hydrogens is 689 g/mol. The molecule has 292 valence electrons. The summed E-state index contributed by atoms with van der Waals surface area (Å²) in [5, 5.41) is 0. The third-order valence-corrected chi connectivity index (χ3v) is 17.5. The van der Waals surface area contributed by atoms with Crippen molar-refractivity contribution in [3.05, 3.63) is 0 Å². The van der Waals surface area contributed by atoms with E-state index in [1.165, 1.54) is 52.1 Å². The van der Waals surface area contributed by atoms with Gasteiger partial charge in [-0.2, -0.15) is 0 Å². The molecule has 4 aliphatic rings. The fourth-order valence-corrected chi connectivity index (χ4v) is 15.8. The van der Waals surface area contributed by atoms with E-state index in [-0.39, 0.29) is 17.3 Å². The first-order valence-corrected chi connectivity index (χ1v) is 34.2. The monoisotopic (exact) mass is 769 g/mol. The molecule has 0 N–H and O–H groups in total. The summed E-state index contributed by atoms with van der Waals surface area (Å²) in [4.78, 5) is 12.7. The maximum Gasteiger partial charge on any atom is 0.310 e. The summed E-state index contributed by atoms with van der Waals surface area (Å²) in [7, 11) is -5.39. The highest BCUT2D eigenvalue weighted by molar-refractivity contribution is 6.70. The number of hydrogen-bond donors (Lipinski definition) is 0. The SMILES string of the molecule is COC(=O)C(CCCC(C)[C@H]1CCC2C3C(C[C@H](O[Si](C)(C)C)[C@@]21C)[C@@]1(C)CC[C@@H](O[Si](C)(C)C)C[C@H]1C[C@H]3O[Si](C)(C)C)CO[Si](C)(C)C. The predicted octanol–water partition coefficient (Wildman–Crippen LogP) is 11.0. The zero-order chi connectivity index (χ0) is 37.7. The molecule has 4 saturated carbocycles. The number of methoxy groups -OCH3 is 1. The van der Waals surface area contributed by atoms with Crippen LogP contribution in [0.3, 0.4) is 0 Å². The summed E-state index contributed by atoms with van der Waals surface area (Å²) >= 11 is 0. The van der Waals surface area contributed by atoms with Crippen molar-refractivity contribution in [3.63, 3.8) is 0 Å². The number of rotatable bonds is 15. The lowest BCUT2D eigenvalue weighted by Gasteiger charge is -2.66. The Morgan fingerprint density at radius 3 is 1.92 bits per heavy atom. The van der Waals surface area contributed by atoms with E-state index in [9.17, 15) is 4.79 Å². The number of carbonyl (C=O) groups is 1. The van der Waals surface area contributed by atoms with E-state index >= 15 is 0 Å². The predicted molar refractivity (Wildman–Crippen MR) is 218 cm³/mol. The first kappa shape index (κ1) is 42.9. The van der Waals surface area contributed by atoms with Gasteiger partial charge in [-0.15, -0.1) is 0 Å². The first-order chi connectivity index (χ1) is 22.8. The topological polar surface area (TPSA) is 63.2 Å². The van der Waals surface area contributed by atoms with E-state index in [1.54, 1.807) is 0 Å². The third-order valence-electron chi connectivity index (χ3n) is 13.4. The molecule has 0 heterocycles. The van der Waals surface area contributed by atoms with Gasteiger partial charge < -0.3 is 22.4 Å². The summed E-state index contributed by atoms with van der Waals surface area (Å²) in [6, 6.07) is 0. The van der Waals surface area contributed by atoms with Crippen LogP contribution >= 0.6 is 0 Å². The van der Waals surface area contributed by atoms with Gasteiger partial charge in [0.05, 0.1) is 19.1 Å². The van der Waals surface area contributed by atoms with Crippen LogP contribution < -0.4 is 0 Å². The Labute approximate surface area is 313 Å². The molecule has 4 aliphatic carbocycles. The molecule has 10 heteroatoms. The summed E-state index contributed by atoms with van der Waals surface area (Å²) in [6.07, 6.45) is 12.7. The molecule has 4 rings (SSSR count). The van der Waals surface area contributed by atoms with E-state index in [1.807, 2.05) is 0 Å². The van der Waals surface area contributed by atoms with Crippen molar-refractivity contribution in [3.8, 4) is 0 Å². The third kappa shape index (κ3) is 10.3. The van der Waals surface area contributed by atoms with Gasteiger partial charge in [0.25, 0.3) is 0 Å². The van der Waals surface area contributed by atoms with Crippen LogP contribution in [0, 0.1) is 52.3 Å². The Bertz CT molecular complexity index is 1140. The van der Waals surface area contributed by atoms with E-state index < -0.39 is 33.3 Å². The molecule has 0 spiro atoms. The Balaban J connectivity index is 1.62. The van der Waals surface area contributed by atoms with Crippen LogP contribution in [0.5, 0.6) is 0 Å². The van der Waals surface area contributed by atoms with E-state index in [2.05, 4.69) is 99.3 Å². The number of esters is 1. The minimum atomic E-state index is -1.82. The van der Waals surface area contributed by atoms with Crippen LogP contribution in [0.15, 0.2) is 0 Å². The van der Waals surface area contributed by atoms with Crippen molar-refractivity contribution in [2.45, 2.75) is 182 Å². The second-order valence-electron chi connectivity index (χ2n) is 21.7. The molecule has 12 atom stereocenters. The quantitative estimate of drug-likeness (QED) is 0.122. The van der Waals surface area contributed by atoms with Gasteiger partial charge in [-0.3, -0.25) is 4.79 Å². The van der Waals surface area contributed by atoms with Crippen molar-refractivity contribution in [1.29, 1.82) is 0 Å². The van der Waals surface area contributed by atoms with Gasteiger partial charge in [-0.05, 0) is 176 Å². The standard InChI is InChI=1S/C40H80O6Si4/c1-28(18-17-19-29(38(41)42-4)27-43-47(5,6)7)32-20-21-33-37-34(26-36(40(32,33)3)46-50(14,15)16)39(2)23-22-31(44-48(8,9)10)24-30(39)25-35(37)45-49(11,12)13/h28-37H,17-27H2,1-16H3/t28?,29?,30-,31+,32+,33?,34?,35+,36-,37?,39-,40+/m0/s1. The highest BCUT2D eigenvalue weighted by Gasteiger charge is 2.67. The molecule has 4 fully saturated rings. The van der Waals surface area contributed by atoms with Crippen LogP contribution in [-0.2, 0) is 27.2 Å². The number of carbonyl (C=O) groups excluding carboxylic acids is 1. The van der Waals surface area contributed by atoms with E-state index in [0.717, 1.165) is 19.3 Å².